The number of amides is 1. The van der Waals surface area contributed by atoms with Gasteiger partial charge >= 0.3 is 5.97 Å². The molecular formula is C22H25FN2O3. The van der Waals surface area contributed by atoms with Crippen LogP contribution in [0.4, 0.5) is 10.1 Å². The Hall–Kier alpha value is -2.73. The van der Waals surface area contributed by atoms with Crippen LogP contribution in [0.15, 0.2) is 42.5 Å². The molecule has 6 heteroatoms. The quantitative estimate of drug-likeness (QED) is 0.798. The molecule has 5 nitrogen and oxygen atoms in total. The number of piperidine rings is 1. The van der Waals surface area contributed by atoms with Crippen molar-refractivity contribution in [1.82, 2.24) is 4.90 Å². The zero-order valence-corrected chi connectivity index (χ0v) is 16.2. The molecule has 2 aromatic rings. The first kappa shape index (κ1) is 20.0. The lowest BCUT2D eigenvalue weighted by molar-refractivity contribution is -0.121. The Morgan fingerprint density at radius 2 is 2.00 bits per heavy atom. The molecule has 0 radical (unpaired) electrons. The maximum Gasteiger partial charge on any atom is 0.338 e. The highest BCUT2D eigenvalue weighted by Gasteiger charge is 2.27. The molecule has 1 fully saturated rings. The van der Waals surface area contributed by atoms with Crippen molar-refractivity contribution < 1.29 is 18.7 Å². The third-order valence-corrected chi connectivity index (χ3v) is 5.23. The number of esters is 1. The fourth-order valence-corrected chi connectivity index (χ4v) is 3.62. The van der Waals surface area contributed by atoms with Gasteiger partial charge in [-0.05, 0) is 50.1 Å². The fraction of sp³-hybridized carbons (Fsp3) is 0.364. The van der Waals surface area contributed by atoms with Crippen LogP contribution in [0.5, 0.6) is 0 Å². The van der Waals surface area contributed by atoms with Crippen molar-refractivity contribution in [2.45, 2.75) is 26.3 Å². The first-order valence-electron chi connectivity index (χ1n) is 9.44. The highest BCUT2D eigenvalue weighted by atomic mass is 19.1. The van der Waals surface area contributed by atoms with E-state index in [2.05, 4.69) is 10.2 Å². The lowest BCUT2D eigenvalue weighted by Gasteiger charge is -2.32. The van der Waals surface area contributed by atoms with Gasteiger partial charge in [-0.2, -0.15) is 0 Å². The number of carbonyl (C=O) groups is 2. The average Bonchev–Trinajstić information content (AvgIpc) is 2.71. The highest BCUT2D eigenvalue weighted by Crippen LogP contribution is 2.24. The van der Waals surface area contributed by atoms with E-state index in [1.165, 1.54) is 13.2 Å². The maximum absolute atomic E-state index is 13.9. The van der Waals surface area contributed by atoms with Crippen molar-refractivity contribution >= 4 is 17.6 Å². The summed E-state index contributed by atoms with van der Waals surface area (Å²) in [6.45, 7) is 3.70. The molecule has 0 spiro atoms. The minimum atomic E-state index is -0.428. The van der Waals surface area contributed by atoms with E-state index in [0.29, 0.717) is 35.5 Å². The normalized spacial score (nSPS) is 17.2. The average molecular weight is 384 g/mol. The van der Waals surface area contributed by atoms with Crippen molar-refractivity contribution in [3.8, 4) is 0 Å². The number of benzene rings is 2. The summed E-state index contributed by atoms with van der Waals surface area (Å²) in [7, 11) is 1.33. The zero-order valence-electron chi connectivity index (χ0n) is 16.2. The van der Waals surface area contributed by atoms with Gasteiger partial charge in [0.25, 0.3) is 0 Å². The number of likely N-dealkylation sites (tertiary alicyclic amines) is 1. The summed E-state index contributed by atoms with van der Waals surface area (Å²) in [6, 6.07) is 11.9. The molecule has 1 unspecified atom stereocenters. The Balaban J connectivity index is 1.66. The smallest absolute Gasteiger partial charge is 0.338 e. The molecule has 3 rings (SSSR count). The van der Waals surface area contributed by atoms with E-state index in [1.54, 1.807) is 37.3 Å². The van der Waals surface area contributed by atoms with Crippen LogP contribution in [0.3, 0.4) is 0 Å². The van der Waals surface area contributed by atoms with Crippen molar-refractivity contribution in [2.75, 3.05) is 25.5 Å². The van der Waals surface area contributed by atoms with E-state index < -0.39 is 5.97 Å². The van der Waals surface area contributed by atoms with Gasteiger partial charge in [0, 0.05) is 24.3 Å². The van der Waals surface area contributed by atoms with Crippen LogP contribution in [-0.4, -0.2) is 37.0 Å². The fourth-order valence-electron chi connectivity index (χ4n) is 3.62. The van der Waals surface area contributed by atoms with Crippen LogP contribution in [0, 0.1) is 18.7 Å². The lowest BCUT2D eigenvalue weighted by atomic mass is 9.96. The van der Waals surface area contributed by atoms with Crippen LogP contribution in [-0.2, 0) is 16.1 Å². The molecular weight excluding hydrogens is 359 g/mol. The first-order valence-corrected chi connectivity index (χ1v) is 9.44. The maximum atomic E-state index is 13.9. The summed E-state index contributed by atoms with van der Waals surface area (Å²) >= 11 is 0. The molecule has 2 aromatic carbocycles. The van der Waals surface area contributed by atoms with Crippen molar-refractivity contribution in [1.29, 1.82) is 0 Å². The minimum absolute atomic E-state index is 0.0802. The van der Waals surface area contributed by atoms with Crippen molar-refractivity contribution in [2.24, 2.45) is 5.92 Å². The molecule has 1 aliphatic rings. The summed E-state index contributed by atoms with van der Waals surface area (Å²) < 4.78 is 18.7. The SMILES string of the molecule is COC(=O)c1cccc(NC(=O)C2CCCN(Cc3ccccc3F)C2)c1C. The Bertz CT molecular complexity index is 869. The predicted molar refractivity (Wildman–Crippen MR) is 106 cm³/mol. The first-order chi connectivity index (χ1) is 13.5. The van der Waals surface area contributed by atoms with Gasteiger partial charge in [0.1, 0.15) is 5.82 Å². The molecule has 1 N–H and O–H groups in total. The molecule has 0 aliphatic carbocycles. The van der Waals surface area contributed by atoms with E-state index in [-0.39, 0.29) is 17.6 Å². The lowest BCUT2D eigenvalue weighted by Crippen LogP contribution is -2.40. The van der Waals surface area contributed by atoms with E-state index >= 15 is 0 Å². The molecule has 1 heterocycles. The van der Waals surface area contributed by atoms with Gasteiger partial charge in [-0.25, -0.2) is 9.18 Å². The summed E-state index contributed by atoms with van der Waals surface area (Å²) in [5.74, 6) is -0.906. The van der Waals surface area contributed by atoms with Crippen LogP contribution in [0.2, 0.25) is 0 Å². The van der Waals surface area contributed by atoms with Gasteiger partial charge < -0.3 is 10.1 Å². The van der Waals surface area contributed by atoms with Gasteiger partial charge in [-0.15, -0.1) is 0 Å². The van der Waals surface area contributed by atoms with Gasteiger partial charge in [-0.1, -0.05) is 24.3 Å². The number of nitrogens with zero attached hydrogens (tertiary/aromatic N) is 1. The standard InChI is InChI=1S/C22H25FN2O3/c1-15-18(22(27)28-2)9-5-11-20(15)24-21(26)17-8-6-12-25(14-17)13-16-7-3-4-10-19(16)23/h3-5,7,9-11,17H,6,8,12-14H2,1-2H3,(H,24,26). The van der Waals surface area contributed by atoms with E-state index in [4.69, 9.17) is 4.74 Å². The van der Waals surface area contributed by atoms with E-state index in [0.717, 1.165) is 19.4 Å². The Morgan fingerprint density at radius 3 is 2.75 bits per heavy atom. The summed E-state index contributed by atoms with van der Waals surface area (Å²) in [5, 5.41) is 2.95. The van der Waals surface area contributed by atoms with Gasteiger partial charge in [0.2, 0.25) is 5.91 Å². The minimum Gasteiger partial charge on any atom is -0.465 e. The number of nitrogens with one attached hydrogen (secondary N) is 1. The largest absolute Gasteiger partial charge is 0.465 e. The van der Waals surface area contributed by atoms with Crippen LogP contribution < -0.4 is 5.32 Å². The van der Waals surface area contributed by atoms with Gasteiger partial charge in [0.05, 0.1) is 18.6 Å². The molecule has 1 aliphatic heterocycles. The molecule has 1 saturated heterocycles. The number of anilines is 1. The highest BCUT2D eigenvalue weighted by molar-refractivity contribution is 5.97. The Kier molecular flexibility index (Phi) is 6.41. The second-order valence-corrected chi connectivity index (χ2v) is 7.12. The molecule has 28 heavy (non-hydrogen) atoms. The molecule has 0 saturated carbocycles. The topological polar surface area (TPSA) is 58.6 Å². The Labute approximate surface area is 164 Å². The van der Waals surface area contributed by atoms with Crippen LogP contribution in [0.1, 0.15) is 34.3 Å². The third kappa shape index (κ3) is 4.57. The summed E-state index contributed by atoms with van der Waals surface area (Å²) in [5.41, 5.74) is 2.37. The van der Waals surface area contributed by atoms with Crippen LogP contribution >= 0.6 is 0 Å². The van der Waals surface area contributed by atoms with Gasteiger partial charge in [-0.3, -0.25) is 9.69 Å². The van der Waals surface area contributed by atoms with E-state index in [1.807, 2.05) is 6.07 Å². The molecule has 0 aromatic heterocycles. The number of carbonyl (C=O) groups excluding carboxylic acids is 2. The van der Waals surface area contributed by atoms with Crippen molar-refractivity contribution in [3.63, 3.8) is 0 Å². The Morgan fingerprint density at radius 1 is 1.21 bits per heavy atom. The number of methoxy groups -OCH3 is 1. The third-order valence-electron chi connectivity index (χ3n) is 5.23. The number of halogens is 1. The molecule has 148 valence electrons. The second kappa shape index (κ2) is 8.97. The number of hydrogen-bond acceptors (Lipinski definition) is 4. The van der Waals surface area contributed by atoms with Gasteiger partial charge in [0.15, 0.2) is 0 Å². The monoisotopic (exact) mass is 384 g/mol. The number of ether oxygens (including phenoxy) is 1. The molecule has 0 bridgehead atoms. The summed E-state index contributed by atoms with van der Waals surface area (Å²) in [4.78, 5) is 26.8. The van der Waals surface area contributed by atoms with Crippen LogP contribution in [0.25, 0.3) is 0 Å². The molecule has 1 amide bonds. The van der Waals surface area contributed by atoms with E-state index in [9.17, 15) is 14.0 Å². The zero-order chi connectivity index (χ0) is 20.1. The van der Waals surface area contributed by atoms with Crippen molar-refractivity contribution in [3.05, 3.63) is 65.0 Å². The number of rotatable bonds is 5. The predicted octanol–water partition coefficient (Wildman–Crippen LogP) is 3.77. The summed E-state index contributed by atoms with van der Waals surface area (Å²) in [6.07, 6.45) is 1.67. The molecule has 1 atom stereocenters. The number of hydrogen-bond donors (Lipinski definition) is 1. The second-order valence-electron chi connectivity index (χ2n) is 7.12.